The Labute approximate surface area is 157 Å². The van der Waals surface area contributed by atoms with E-state index in [9.17, 15) is 9.59 Å². The monoisotopic (exact) mass is 373 g/mol. The molecule has 26 heavy (non-hydrogen) atoms. The van der Waals surface area contributed by atoms with Gasteiger partial charge in [0.2, 0.25) is 5.91 Å². The number of anilines is 1. The molecule has 0 atom stereocenters. The second-order valence-corrected chi connectivity index (χ2v) is 7.35. The van der Waals surface area contributed by atoms with Crippen molar-refractivity contribution in [3.63, 3.8) is 0 Å². The molecule has 1 heterocycles. The van der Waals surface area contributed by atoms with E-state index in [1.165, 1.54) is 31.7 Å². The van der Waals surface area contributed by atoms with Crippen molar-refractivity contribution >= 4 is 40.1 Å². The molecule has 0 radical (unpaired) electrons. The minimum absolute atomic E-state index is 0.0259. The van der Waals surface area contributed by atoms with Gasteiger partial charge in [0.1, 0.15) is 0 Å². The number of rotatable bonds is 5. The van der Waals surface area contributed by atoms with Gasteiger partial charge in [0, 0.05) is 11.7 Å². The van der Waals surface area contributed by atoms with Gasteiger partial charge in [-0.1, -0.05) is 36.7 Å². The molecule has 6 nitrogen and oxygen atoms in total. The first-order chi connectivity index (χ1) is 12.6. The molecular weight excluding hydrogens is 350 g/mol. The van der Waals surface area contributed by atoms with Gasteiger partial charge in [0.05, 0.1) is 35.7 Å². The molecule has 1 saturated carbocycles. The number of thioether (sulfide) groups is 1. The van der Waals surface area contributed by atoms with E-state index >= 15 is 0 Å². The van der Waals surface area contributed by atoms with Gasteiger partial charge < -0.3 is 15.4 Å². The summed E-state index contributed by atoms with van der Waals surface area (Å²) in [6.45, 7) is 0. The predicted octanol–water partition coefficient (Wildman–Crippen LogP) is 3.38. The zero-order valence-electron chi connectivity index (χ0n) is 14.8. The van der Waals surface area contributed by atoms with Crippen LogP contribution in [0.25, 0.3) is 0 Å². The number of aliphatic imine (C=N–C) groups is 1. The number of amides is 1. The minimum Gasteiger partial charge on any atom is -0.469 e. The third kappa shape index (κ3) is 5.11. The van der Waals surface area contributed by atoms with Crippen molar-refractivity contribution in [1.82, 2.24) is 5.32 Å². The fourth-order valence-corrected chi connectivity index (χ4v) is 3.81. The van der Waals surface area contributed by atoms with Crippen LogP contribution in [-0.2, 0) is 14.3 Å². The van der Waals surface area contributed by atoms with E-state index in [2.05, 4.69) is 15.6 Å². The molecule has 1 aliphatic carbocycles. The number of hydrogen-bond acceptors (Lipinski definition) is 6. The summed E-state index contributed by atoms with van der Waals surface area (Å²) in [6, 6.07) is 7.93. The van der Waals surface area contributed by atoms with Crippen LogP contribution in [0.15, 0.2) is 41.0 Å². The number of nitrogens with one attached hydrogen (secondary N) is 2. The minimum atomic E-state index is -0.327. The molecule has 138 valence electrons. The molecule has 1 aromatic rings. The molecule has 2 aliphatic rings. The number of benzene rings is 1. The lowest BCUT2D eigenvalue weighted by Gasteiger charge is -2.11. The van der Waals surface area contributed by atoms with E-state index in [1.807, 2.05) is 30.3 Å². The fourth-order valence-electron chi connectivity index (χ4n) is 3.06. The van der Waals surface area contributed by atoms with E-state index in [4.69, 9.17) is 4.74 Å². The van der Waals surface area contributed by atoms with Gasteiger partial charge in [-0.2, -0.15) is 0 Å². The number of fused-ring (bicyclic) bond motifs is 1. The van der Waals surface area contributed by atoms with Crippen LogP contribution >= 0.6 is 11.8 Å². The summed E-state index contributed by atoms with van der Waals surface area (Å²) in [7, 11) is 1.37. The highest BCUT2D eigenvalue weighted by atomic mass is 32.2. The Morgan fingerprint density at radius 3 is 2.85 bits per heavy atom. The van der Waals surface area contributed by atoms with Crippen molar-refractivity contribution in [2.75, 3.05) is 18.2 Å². The molecule has 1 amide bonds. The maximum atomic E-state index is 12.2. The second kappa shape index (κ2) is 8.89. The number of carbonyl (C=O) groups is 2. The summed E-state index contributed by atoms with van der Waals surface area (Å²) in [4.78, 5) is 28.5. The van der Waals surface area contributed by atoms with Crippen LogP contribution in [0.1, 0.15) is 32.1 Å². The Balaban J connectivity index is 1.69. The van der Waals surface area contributed by atoms with Crippen molar-refractivity contribution in [2.45, 2.75) is 38.1 Å². The van der Waals surface area contributed by atoms with Crippen molar-refractivity contribution in [3.05, 3.63) is 36.0 Å². The maximum Gasteiger partial charge on any atom is 0.311 e. The molecule has 0 spiro atoms. The summed E-state index contributed by atoms with van der Waals surface area (Å²) >= 11 is 1.37. The van der Waals surface area contributed by atoms with Crippen LogP contribution < -0.4 is 10.6 Å². The molecule has 0 saturated heterocycles. The summed E-state index contributed by atoms with van der Waals surface area (Å²) in [5.41, 5.74) is 2.31. The summed E-state index contributed by atoms with van der Waals surface area (Å²) in [6.07, 6.45) is 6.44. The molecular formula is C19H23N3O3S. The van der Waals surface area contributed by atoms with Crippen LogP contribution in [0.5, 0.6) is 0 Å². The lowest BCUT2D eigenvalue weighted by atomic mass is 10.2. The zero-order valence-corrected chi connectivity index (χ0v) is 15.6. The number of esters is 1. The number of para-hydroxylation sites is 2. The number of methoxy groups -OCH3 is 1. The fraction of sp³-hybridized carbons (Fsp3) is 0.421. The summed E-state index contributed by atoms with van der Waals surface area (Å²) in [5, 5.41) is 7.01. The van der Waals surface area contributed by atoms with Crippen molar-refractivity contribution < 1.29 is 14.3 Å². The van der Waals surface area contributed by atoms with Crippen LogP contribution in [-0.4, -0.2) is 35.8 Å². The first-order valence-corrected chi connectivity index (χ1v) is 9.77. The normalized spacial score (nSPS) is 16.7. The molecule has 0 bridgehead atoms. The lowest BCUT2D eigenvalue weighted by molar-refractivity contribution is -0.139. The Morgan fingerprint density at radius 2 is 2.08 bits per heavy atom. The van der Waals surface area contributed by atoms with Crippen LogP contribution in [0.4, 0.5) is 11.4 Å². The Kier molecular flexibility index (Phi) is 6.33. The quantitative estimate of drug-likeness (QED) is 0.774. The highest BCUT2D eigenvalue weighted by molar-refractivity contribution is 8.14. The number of ether oxygens (including phenoxy) is 1. The molecule has 1 aromatic carbocycles. The largest absolute Gasteiger partial charge is 0.469 e. The van der Waals surface area contributed by atoms with E-state index in [0.717, 1.165) is 24.2 Å². The number of nitrogens with zero attached hydrogens (tertiary/aromatic N) is 1. The highest BCUT2D eigenvalue weighted by Gasteiger charge is 2.18. The Hall–Kier alpha value is -2.28. The third-order valence-electron chi connectivity index (χ3n) is 4.36. The number of hydrogen-bond donors (Lipinski definition) is 2. The highest BCUT2D eigenvalue weighted by Crippen LogP contribution is 2.31. The molecule has 0 unspecified atom stereocenters. The van der Waals surface area contributed by atoms with Crippen molar-refractivity contribution in [2.24, 2.45) is 4.99 Å². The molecule has 2 N–H and O–H groups in total. The van der Waals surface area contributed by atoms with Crippen molar-refractivity contribution in [1.29, 1.82) is 0 Å². The Bertz CT molecular complexity index is 739. The van der Waals surface area contributed by atoms with E-state index in [0.29, 0.717) is 22.5 Å². The van der Waals surface area contributed by atoms with Crippen LogP contribution in [0.2, 0.25) is 0 Å². The van der Waals surface area contributed by atoms with Gasteiger partial charge in [-0.25, -0.2) is 4.99 Å². The molecule has 7 heteroatoms. The first kappa shape index (κ1) is 18.5. The molecule has 0 aromatic heterocycles. The van der Waals surface area contributed by atoms with E-state index in [1.54, 1.807) is 0 Å². The molecule has 3 rings (SSSR count). The summed E-state index contributed by atoms with van der Waals surface area (Å²) in [5.74, 6) is 0.00364. The van der Waals surface area contributed by atoms with Crippen LogP contribution in [0, 0.1) is 0 Å². The molecule has 1 fully saturated rings. The summed E-state index contributed by atoms with van der Waals surface area (Å²) < 4.78 is 4.76. The average Bonchev–Trinajstić information content (AvgIpc) is 3.07. The predicted molar refractivity (Wildman–Crippen MR) is 105 cm³/mol. The van der Waals surface area contributed by atoms with E-state index < -0.39 is 0 Å². The SMILES string of the molecule is COC(=O)CC1=CC(SCC(=O)NC2CCCC2)=Nc2ccccc2N1. The van der Waals surface area contributed by atoms with Crippen LogP contribution in [0.3, 0.4) is 0 Å². The van der Waals surface area contributed by atoms with Gasteiger partial charge in [-0.15, -0.1) is 0 Å². The smallest absolute Gasteiger partial charge is 0.311 e. The van der Waals surface area contributed by atoms with E-state index in [-0.39, 0.29) is 18.3 Å². The van der Waals surface area contributed by atoms with Gasteiger partial charge in [0.15, 0.2) is 0 Å². The lowest BCUT2D eigenvalue weighted by Crippen LogP contribution is -2.34. The van der Waals surface area contributed by atoms with Gasteiger partial charge in [-0.05, 0) is 31.1 Å². The van der Waals surface area contributed by atoms with Gasteiger partial charge in [-0.3, -0.25) is 9.59 Å². The second-order valence-electron chi connectivity index (χ2n) is 6.35. The maximum absolute atomic E-state index is 12.2. The van der Waals surface area contributed by atoms with Crippen molar-refractivity contribution in [3.8, 4) is 0 Å². The Morgan fingerprint density at radius 1 is 1.31 bits per heavy atom. The first-order valence-electron chi connectivity index (χ1n) is 8.78. The van der Waals surface area contributed by atoms with Gasteiger partial charge >= 0.3 is 5.97 Å². The number of carbonyl (C=O) groups excluding carboxylic acids is 2. The zero-order chi connectivity index (χ0) is 18.4. The standard InChI is InChI=1S/C19H23N3O3S/c1-25-19(24)11-14-10-18(22-16-9-5-4-8-15(16)20-14)26-12-17(23)21-13-6-2-3-7-13/h4-5,8-10,13,20H,2-3,6-7,11-12H2,1H3,(H,21,23). The molecule has 1 aliphatic heterocycles. The topological polar surface area (TPSA) is 79.8 Å². The average molecular weight is 373 g/mol. The third-order valence-corrected chi connectivity index (χ3v) is 5.27. The van der Waals surface area contributed by atoms with Gasteiger partial charge in [0.25, 0.3) is 0 Å².